The van der Waals surface area contributed by atoms with Gasteiger partial charge in [0.2, 0.25) is 0 Å². The van der Waals surface area contributed by atoms with Crippen molar-refractivity contribution in [3.63, 3.8) is 0 Å². The maximum atomic E-state index is 13.0. The summed E-state index contributed by atoms with van der Waals surface area (Å²) in [7, 11) is 1.37. The topological polar surface area (TPSA) is 116 Å². The molecule has 0 radical (unpaired) electrons. The van der Waals surface area contributed by atoms with E-state index >= 15 is 0 Å². The quantitative estimate of drug-likeness (QED) is 0.545. The molecule has 1 aromatic heterocycles. The highest BCUT2D eigenvalue weighted by atomic mass is 16.6. The molecule has 1 amide bonds. The predicted molar refractivity (Wildman–Crippen MR) is 129 cm³/mol. The molecule has 35 heavy (non-hydrogen) atoms. The van der Waals surface area contributed by atoms with Gasteiger partial charge in [-0.3, -0.25) is 4.79 Å². The van der Waals surface area contributed by atoms with E-state index < -0.39 is 35.9 Å². The fraction of sp³-hybridized carbons (Fsp3) is 0.500. The van der Waals surface area contributed by atoms with Crippen LogP contribution in [0, 0.1) is 5.92 Å². The molecule has 0 unspecified atom stereocenters. The third-order valence-corrected chi connectivity index (χ3v) is 5.68. The Balaban J connectivity index is 1.77. The maximum Gasteiger partial charge on any atom is 0.329 e. The smallest absolute Gasteiger partial charge is 0.329 e. The van der Waals surface area contributed by atoms with E-state index in [1.165, 1.54) is 19.4 Å². The molecule has 1 fully saturated rings. The second kappa shape index (κ2) is 12.4. The number of nitrogens with zero attached hydrogens (tertiary/aromatic N) is 1. The molecule has 9 heteroatoms. The van der Waals surface area contributed by atoms with E-state index in [4.69, 9.17) is 18.9 Å². The van der Waals surface area contributed by atoms with E-state index in [2.05, 4.69) is 10.3 Å². The van der Waals surface area contributed by atoms with Crippen LogP contribution in [-0.2, 0) is 14.3 Å². The Bertz CT molecular complexity index is 983. The lowest BCUT2D eigenvalue weighted by Crippen LogP contribution is -2.46. The minimum atomic E-state index is -0.918. The van der Waals surface area contributed by atoms with Gasteiger partial charge in [0.1, 0.15) is 30.1 Å². The summed E-state index contributed by atoms with van der Waals surface area (Å²) in [6.45, 7) is 6.35. The lowest BCUT2D eigenvalue weighted by molar-refractivity contribution is -0.163. The first-order valence-corrected chi connectivity index (χ1v) is 11.9. The molecule has 0 aliphatic carbocycles. The van der Waals surface area contributed by atoms with Crippen molar-refractivity contribution in [3.8, 4) is 17.2 Å². The number of benzene rings is 1. The number of hydrogen-bond acceptors (Lipinski definition) is 8. The van der Waals surface area contributed by atoms with Crippen molar-refractivity contribution in [2.24, 2.45) is 5.92 Å². The summed E-state index contributed by atoms with van der Waals surface area (Å²) in [5, 5.41) is 12.9. The lowest BCUT2D eigenvalue weighted by atomic mass is 10.0. The summed E-state index contributed by atoms with van der Waals surface area (Å²) in [6.07, 6.45) is 1.39. The van der Waals surface area contributed by atoms with Crippen LogP contribution < -0.4 is 14.8 Å². The van der Waals surface area contributed by atoms with Gasteiger partial charge in [-0.15, -0.1) is 0 Å². The number of aromatic nitrogens is 1. The molecule has 1 aliphatic heterocycles. The minimum Gasteiger partial charge on any atom is -0.503 e. The first-order chi connectivity index (χ1) is 16.8. The number of para-hydroxylation sites is 1. The van der Waals surface area contributed by atoms with Crippen LogP contribution in [0.4, 0.5) is 0 Å². The molecule has 3 rings (SSSR count). The highest BCUT2D eigenvalue weighted by molar-refractivity contribution is 5.97. The molecular weight excluding hydrogens is 452 g/mol. The fourth-order valence-corrected chi connectivity index (χ4v) is 3.91. The number of cyclic esters (lactones) is 1. The third-order valence-electron chi connectivity index (χ3n) is 5.68. The number of pyridine rings is 1. The number of aromatic hydroxyl groups is 1. The van der Waals surface area contributed by atoms with Crippen LogP contribution in [0.3, 0.4) is 0 Å². The van der Waals surface area contributed by atoms with Gasteiger partial charge in [0.15, 0.2) is 17.2 Å². The molecule has 0 saturated carbocycles. The number of nitrogens with one attached hydrogen (secondary N) is 1. The maximum absolute atomic E-state index is 13.0. The summed E-state index contributed by atoms with van der Waals surface area (Å²) < 4.78 is 23.2. The Kier molecular flexibility index (Phi) is 9.31. The average Bonchev–Trinajstić information content (AvgIpc) is 2.87. The Morgan fingerprint density at radius 3 is 2.66 bits per heavy atom. The molecule has 1 aromatic carbocycles. The van der Waals surface area contributed by atoms with Gasteiger partial charge < -0.3 is 29.4 Å². The Hall–Kier alpha value is -3.33. The summed E-state index contributed by atoms with van der Waals surface area (Å²) in [5.41, 5.74) is -0.228. The largest absolute Gasteiger partial charge is 0.503 e. The van der Waals surface area contributed by atoms with Crippen molar-refractivity contribution in [2.45, 2.75) is 64.4 Å². The van der Waals surface area contributed by atoms with Crippen molar-refractivity contribution >= 4 is 11.9 Å². The molecule has 190 valence electrons. The van der Waals surface area contributed by atoms with Crippen LogP contribution in [0.25, 0.3) is 0 Å². The first-order valence-electron chi connectivity index (χ1n) is 11.9. The molecule has 2 N–H and O–H groups in total. The second-order valence-electron chi connectivity index (χ2n) is 8.97. The summed E-state index contributed by atoms with van der Waals surface area (Å²) in [4.78, 5) is 29.8. The molecule has 1 aliphatic rings. The van der Waals surface area contributed by atoms with E-state index in [-0.39, 0.29) is 23.5 Å². The zero-order valence-corrected chi connectivity index (χ0v) is 20.6. The van der Waals surface area contributed by atoms with Crippen LogP contribution in [0.15, 0.2) is 42.6 Å². The van der Waals surface area contributed by atoms with Crippen molar-refractivity contribution < 1.29 is 33.6 Å². The number of esters is 1. The summed E-state index contributed by atoms with van der Waals surface area (Å²) >= 11 is 0. The van der Waals surface area contributed by atoms with Gasteiger partial charge in [-0.1, -0.05) is 32.0 Å². The van der Waals surface area contributed by atoms with Crippen molar-refractivity contribution in [3.05, 3.63) is 48.3 Å². The van der Waals surface area contributed by atoms with E-state index in [9.17, 15) is 14.7 Å². The van der Waals surface area contributed by atoms with Crippen LogP contribution >= 0.6 is 0 Å². The van der Waals surface area contributed by atoms with Crippen molar-refractivity contribution in [1.29, 1.82) is 0 Å². The molecule has 0 spiro atoms. The zero-order chi connectivity index (χ0) is 25.4. The van der Waals surface area contributed by atoms with Crippen LogP contribution in [-0.4, -0.2) is 60.0 Å². The first kappa shape index (κ1) is 26.3. The number of carbonyl (C=O) groups excluding carboxylic acids is 2. The molecular formula is C26H34N2O7. The summed E-state index contributed by atoms with van der Waals surface area (Å²) in [5.74, 6) is -0.555. The van der Waals surface area contributed by atoms with Crippen molar-refractivity contribution in [1.82, 2.24) is 10.3 Å². The standard InChI is InChI=1S/C26H34N2O7/c1-16(2)15-33-24-17(3)34-26(31)19(11-8-12-21(24)35-18-9-6-5-7-10-18)28-25(30)22-23(29)20(32-4)13-14-27-22/h5-7,9-10,13-14,16-17,19,21,24,29H,8,11-12,15H2,1-4H3,(H,28,30)/t17-,19-,21-,24-/m0/s1. The normalized spacial score (nSPS) is 22.9. The minimum absolute atomic E-state index is 0.113. The third kappa shape index (κ3) is 7.08. The lowest BCUT2D eigenvalue weighted by Gasteiger charge is -2.32. The van der Waals surface area contributed by atoms with E-state index in [0.717, 1.165) is 0 Å². The van der Waals surface area contributed by atoms with Gasteiger partial charge in [0.05, 0.1) is 7.11 Å². The summed E-state index contributed by atoms with van der Waals surface area (Å²) in [6, 6.07) is 9.97. The zero-order valence-electron chi connectivity index (χ0n) is 20.6. The van der Waals surface area contributed by atoms with Crippen molar-refractivity contribution in [2.75, 3.05) is 13.7 Å². The van der Waals surface area contributed by atoms with E-state index in [0.29, 0.717) is 31.6 Å². The fourth-order valence-electron chi connectivity index (χ4n) is 3.91. The van der Waals surface area contributed by atoms with E-state index in [1.807, 2.05) is 44.2 Å². The molecule has 4 atom stereocenters. The molecule has 0 bridgehead atoms. The number of methoxy groups -OCH3 is 1. The molecule has 1 saturated heterocycles. The SMILES string of the molecule is COc1ccnc(C(=O)N[C@H]2CCC[C@H](Oc3ccccc3)[C@@H](OCC(C)C)[C@H](C)OC2=O)c1O. The van der Waals surface area contributed by atoms with Crippen LogP contribution in [0.5, 0.6) is 17.2 Å². The molecule has 2 heterocycles. The molecule has 9 nitrogen and oxygen atoms in total. The second-order valence-corrected chi connectivity index (χ2v) is 8.97. The molecule has 2 aromatic rings. The van der Waals surface area contributed by atoms with Crippen LogP contribution in [0.2, 0.25) is 0 Å². The van der Waals surface area contributed by atoms with Crippen LogP contribution in [0.1, 0.15) is 50.5 Å². The van der Waals surface area contributed by atoms with Gasteiger partial charge in [-0.2, -0.15) is 0 Å². The number of ether oxygens (including phenoxy) is 4. The Morgan fingerprint density at radius 2 is 1.97 bits per heavy atom. The van der Waals surface area contributed by atoms with Gasteiger partial charge in [0.25, 0.3) is 5.91 Å². The number of hydrogen-bond donors (Lipinski definition) is 2. The highest BCUT2D eigenvalue weighted by Crippen LogP contribution is 2.28. The predicted octanol–water partition coefficient (Wildman–Crippen LogP) is 3.50. The van der Waals surface area contributed by atoms with E-state index in [1.54, 1.807) is 6.92 Å². The van der Waals surface area contributed by atoms with Gasteiger partial charge in [0, 0.05) is 18.9 Å². The monoisotopic (exact) mass is 486 g/mol. The average molecular weight is 487 g/mol. The van der Waals surface area contributed by atoms with Gasteiger partial charge in [-0.05, 0) is 44.2 Å². The number of rotatable bonds is 8. The Labute approximate surface area is 205 Å². The van der Waals surface area contributed by atoms with Gasteiger partial charge >= 0.3 is 5.97 Å². The van der Waals surface area contributed by atoms with Gasteiger partial charge in [-0.25, -0.2) is 9.78 Å². The highest BCUT2D eigenvalue weighted by Gasteiger charge is 2.36. The Morgan fingerprint density at radius 1 is 1.23 bits per heavy atom. The number of carbonyl (C=O) groups is 2. The number of amides is 1.